The Morgan fingerprint density at radius 3 is 2.57 bits per heavy atom. The Hall–Kier alpha value is -1.60. The molecule has 156 valence electrons. The maximum Gasteiger partial charge on any atom is 0.236 e. The molecule has 0 aromatic carbocycles. The number of hydrogen-bond acceptors (Lipinski definition) is 4. The van der Waals surface area contributed by atoms with E-state index in [1.807, 2.05) is 16.2 Å². The zero-order valence-corrected chi connectivity index (χ0v) is 18.2. The molecule has 2 aliphatic rings. The molecule has 2 aliphatic heterocycles. The van der Waals surface area contributed by atoms with Crippen LogP contribution in [0.3, 0.4) is 0 Å². The van der Waals surface area contributed by atoms with Crippen LogP contribution >= 0.6 is 11.3 Å². The molecule has 1 aromatic rings. The van der Waals surface area contributed by atoms with Crippen LogP contribution in [0.1, 0.15) is 31.6 Å². The van der Waals surface area contributed by atoms with Gasteiger partial charge in [-0.1, -0.05) is 13.0 Å². The summed E-state index contributed by atoms with van der Waals surface area (Å²) in [7, 11) is 0. The Kier molecular flexibility index (Phi) is 8.15. The normalized spacial score (nSPS) is 19.9. The first kappa shape index (κ1) is 21.1. The number of rotatable bonds is 7. The molecule has 0 bridgehead atoms. The number of nitrogens with zero attached hydrogens (tertiary/aromatic N) is 4. The van der Waals surface area contributed by atoms with Crippen molar-refractivity contribution >= 4 is 23.2 Å². The number of hydrogen-bond donors (Lipinski definition) is 1. The van der Waals surface area contributed by atoms with E-state index in [0.29, 0.717) is 18.4 Å². The zero-order valence-electron chi connectivity index (χ0n) is 17.4. The fourth-order valence-corrected chi connectivity index (χ4v) is 4.75. The molecule has 0 aliphatic carbocycles. The van der Waals surface area contributed by atoms with Crippen molar-refractivity contribution in [1.29, 1.82) is 0 Å². The van der Waals surface area contributed by atoms with E-state index in [-0.39, 0.29) is 0 Å². The average molecular weight is 406 g/mol. The van der Waals surface area contributed by atoms with Crippen molar-refractivity contribution in [3.05, 3.63) is 22.4 Å². The number of aliphatic imine (C=N–C) groups is 1. The molecular weight excluding hydrogens is 370 g/mol. The Morgan fingerprint density at radius 2 is 1.93 bits per heavy atom. The summed E-state index contributed by atoms with van der Waals surface area (Å²) in [5, 5.41) is 5.59. The number of piperazine rings is 1. The Labute approximate surface area is 173 Å². The molecule has 1 unspecified atom stereocenters. The van der Waals surface area contributed by atoms with E-state index in [1.165, 1.54) is 4.88 Å². The molecule has 0 spiro atoms. The molecular formula is C21H35N5OS. The molecule has 6 nitrogen and oxygen atoms in total. The van der Waals surface area contributed by atoms with Crippen molar-refractivity contribution in [3.8, 4) is 0 Å². The van der Waals surface area contributed by atoms with Crippen molar-refractivity contribution in [2.24, 2.45) is 10.9 Å². The van der Waals surface area contributed by atoms with Crippen molar-refractivity contribution < 1.29 is 4.79 Å². The van der Waals surface area contributed by atoms with Gasteiger partial charge < -0.3 is 15.1 Å². The van der Waals surface area contributed by atoms with Gasteiger partial charge in [-0.15, -0.1) is 11.3 Å². The summed E-state index contributed by atoms with van der Waals surface area (Å²) in [5.74, 6) is 1.85. The fourth-order valence-electron chi connectivity index (χ4n) is 3.88. The lowest BCUT2D eigenvalue weighted by atomic mass is 10.1. The van der Waals surface area contributed by atoms with Crippen LogP contribution in [0, 0.1) is 5.92 Å². The van der Waals surface area contributed by atoms with Crippen molar-refractivity contribution in [1.82, 2.24) is 20.0 Å². The number of thiophene rings is 1. The number of nitrogens with one attached hydrogen (secondary N) is 1. The SMILES string of the molecule is CCNC(=NCC(C)Cc1cccs1)N1CCN(CC(=O)N2CCCC2)CC1. The van der Waals surface area contributed by atoms with E-state index >= 15 is 0 Å². The summed E-state index contributed by atoms with van der Waals surface area (Å²) in [6, 6.07) is 4.33. The van der Waals surface area contributed by atoms with Crippen molar-refractivity contribution in [3.63, 3.8) is 0 Å². The minimum absolute atomic E-state index is 0.300. The van der Waals surface area contributed by atoms with Gasteiger partial charge in [-0.3, -0.25) is 14.7 Å². The molecule has 2 saturated heterocycles. The smallest absolute Gasteiger partial charge is 0.236 e. The monoisotopic (exact) mass is 405 g/mol. The minimum Gasteiger partial charge on any atom is -0.357 e. The van der Waals surface area contributed by atoms with E-state index in [2.05, 4.69) is 46.5 Å². The van der Waals surface area contributed by atoms with Gasteiger partial charge in [0.25, 0.3) is 0 Å². The maximum absolute atomic E-state index is 12.4. The standard InChI is InChI=1S/C21H35N5OS/c1-3-22-21(23-16-18(2)15-19-7-6-14-28-19)26-12-10-24(11-13-26)17-20(27)25-8-4-5-9-25/h6-7,14,18H,3-5,8-13,15-17H2,1-2H3,(H,22,23). The van der Waals surface area contributed by atoms with E-state index in [9.17, 15) is 4.79 Å². The van der Waals surface area contributed by atoms with Crippen molar-refractivity contribution in [2.45, 2.75) is 33.1 Å². The number of carbonyl (C=O) groups excluding carboxylic acids is 1. The summed E-state index contributed by atoms with van der Waals surface area (Å²) in [6.45, 7) is 12.3. The summed E-state index contributed by atoms with van der Waals surface area (Å²) < 4.78 is 0. The third-order valence-corrected chi connectivity index (χ3v) is 6.41. The Balaban J connectivity index is 1.45. The Morgan fingerprint density at radius 1 is 1.18 bits per heavy atom. The lowest BCUT2D eigenvalue weighted by Gasteiger charge is -2.36. The molecule has 0 radical (unpaired) electrons. The van der Waals surface area contributed by atoms with E-state index in [1.54, 1.807) is 0 Å². The number of likely N-dealkylation sites (tertiary alicyclic amines) is 1. The predicted octanol–water partition coefficient (Wildman–Crippen LogP) is 2.13. The summed E-state index contributed by atoms with van der Waals surface area (Å²) in [5.41, 5.74) is 0. The number of guanidine groups is 1. The largest absolute Gasteiger partial charge is 0.357 e. The average Bonchev–Trinajstić information content (AvgIpc) is 3.40. The summed E-state index contributed by atoms with van der Waals surface area (Å²) in [6.07, 6.45) is 3.41. The van der Waals surface area contributed by atoms with Crippen LogP contribution in [0.15, 0.2) is 22.5 Å². The van der Waals surface area contributed by atoms with Gasteiger partial charge in [0.2, 0.25) is 5.91 Å². The van der Waals surface area contributed by atoms with Gasteiger partial charge in [-0.25, -0.2) is 0 Å². The minimum atomic E-state index is 0.300. The molecule has 1 N–H and O–H groups in total. The lowest BCUT2D eigenvalue weighted by Crippen LogP contribution is -2.54. The third kappa shape index (κ3) is 6.21. The summed E-state index contributed by atoms with van der Waals surface area (Å²) in [4.78, 5) is 25.4. The van der Waals surface area contributed by atoms with Gasteiger partial charge in [0.15, 0.2) is 5.96 Å². The van der Waals surface area contributed by atoms with E-state index < -0.39 is 0 Å². The first-order valence-corrected chi connectivity index (χ1v) is 11.6. The number of amides is 1. The molecule has 1 amide bonds. The molecule has 1 atom stereocenters. The second kappa shape index (κ2) is 10.8. The molecule has 2 fully saturated rings. The van der Waals surface area contributed by atoms with Crippen LogP contribution < -0.4 is 5.32 Å². The zero-order chi connectivity index (χ0) is 19.8. The fraction of sp³-hybridized carbons (Fsp3) is 0.714. The highest BCUT2D eigenvalue weighted by atomic mass is 32.1. The van der Waals surface area contributed by atoms with E-state index in [4.69, 9.17) is 4.99 Å². The van der Waals surface area contributed by atoms with Crippen LogP contribution in [0.4, 0.5) is 0 Å². The molecule has 28 heavy (non-hydrogen) atoms. The highest BCUT2D eigenvalue weighted by molar-refractivity contribution is 7.09. The van der Waals surface area contributed by atoms with Gasteiger partial charge in [-0.2, -0.15) is 0 Å². The van der Waals surface area contributed by atoms with Crippen LogP contribution in [0.5, 0.6) is 0 Å². The van der Waals surface area contributed by atoms with Crippen molar-refractivity contribution in [2.75, 3.05) is 58.9 Å². The van der Waals surface area contributed by atoms with Crippen LogP contribution in [0.25, 0.3) is 0 Å². The van der Waals surface area contributed by atoms with Crippen LogP contribution in [0.2, 0.25) is 0 Å². The third-order valence-electron chi connectivity index (χ3n) is 5.51. The second-order valence-electron chi connectivity index (χ2n) is 7.93. The summed E-state index contributed by atoms with van der Waals surface area (Å²) >= 11 is 1.83. The number of carbonyl (C=O) groups is 1. The Bertz CT molecular complexity index is 619. The molecule has 7 heteroatoms. The van der Waals surface area contributed by atoms with Crippen LogP contribution in [-0.2, 0) is 11.2 Å². The topological polar surface area (TPSA) is 51.2 Å². The quantitative estimate of drug-likeness (QED) is 0.558. The van der Waals surface area contributed by atoms with E-state index in [0.717, 1.165) is 77.6 Å². The van der Waals surface area contributed by atoms with Crippen LogP contribution in [-0.4, -0.2) is 85.5 Å². The molecule has 1 aromatic heterocycles. The predicted molar refractivity (Wildman–Crippen MR) is 117 cm³/mol. The van der Waals surface area contributed by atoms with Gasteiger partial charge in [0.1, 0.15) is 0 Å². The molecule has 3 rings (SSSR count). The molecule has 3 heterocycles. The highest BCUT2D eigenvalue weighted by Crippen LogP contribution is 2.15. The lowest BCUT2D eigenvalue weighted by molar-refractivity contribution is -0.131. The van der Waals surface area contributed by atoms with Gasteiger partial charge in [0, 0.05) is 57.2 Å². The first-order chi connectivity index (χ1) is 13.7. The van der Waals surface area contributed by atoms with Gasteiger partial charge in [0.05, 0.1) is 6.54 Å². The van der Waals surface area contributed by atoms with Gasteiger partial charge in [-0.05, 0) is 43.6 Å². The second-order valence-corrected chi connectivity index (χ2v) is 8.97. The highest BCUT2D eigenvalue weighted by Gasteiger charge is 2.24. The maximum atomic E-state index is 12.4. The molecule has 0 saturated carbocycles. The first-order valence-electron chi connectivity index (χ1n) is 10.7. The van der Waals surface area contributed by atoms with Gasteiger partial charge >= 0.3 is 0 Å².